The largest absolute Gasteiger partial charge is 0.352 e. The van der Waals surface area contributed by atoms with Crippen molar-refractivity contribution in [2.75, 3.05) is 19.6 Å². The first kappa shape index (κ1) is 14.4. The van der Waals surface area contributed by atoms with Crippen LogP contribution in [0.3, 0.4) is 0 Å². The highest BCUT2D eigenvalue weighted by Crippen LogP contribution is 2.36. The van der Waals surface area contributed by atoms with Crippen molar-refractivity contribution in [3.05, 3.63) is 71.0 Å². The lowest BCUT2D eigenvalue weighted by Gasteiger charge is -2.17. The first-order chi connectivity index (χ1) is 11.2. The van der Waals surface area contributed by atoms with Gasteiger partial charge in [0.15, 0.2) is 0 Å². The number of nitrogens with one attached hydrogen (secondary N) is 1. The van der Waals surface area contributed by atoms with Gasteiger partial charge in [0.1, 0.15) is 5.82 Å². The van der Waals surface area contributed by atoms with Gasteiger partial charge >= 0.3 is 0 Å². The third-order valence-electron chi connectivity index (χ3n) is 4.95. The molecule has 1 N–H and O–H groups in total. The molecule has 2 atom stereocenters. The molecule has 1 saturated heterocycles. The number of carbonyl (C=O) groups excluding carboxylic acids is 1. The van der Waals surface area contributed by atoms with Crippen molar-refractivity contribution in [2.24, 2.45) is 5.92 Å². The Kier molecular flexibility index (Phi) is 3.62. The monoisotopic (exact) mass is 310 g/mol. The van der Waals surface area contributed by atoms with Crippen molar-refractivity contribution < 1.29 is 9.18 Å². The van der Waals surface area contributed by atoms with E-state index in [2.05, 4.69) is 22.3 Å². The number of amides is 1. The Morgan fingerprint density at radius 1 is 1.13 bits per heavy atom. The summed E-state index contributed by atoms with van der Waals surface area (Å²) >= 11 is 0. The second kappa shape index (κ2) is 5.78. The third kappa shape index (κ3) is 2.75. The maximum absolute atomic E-state index is 13.7. The number of nitrogens with zero attached hydrogens (tertiary/aromatic N) is 1. The lowest BCUT2D eigenvalue weighted by atomic mass is 9.87. The van der Waals surface area contributed by atoms with Gasteiger partial charge in [-0.05, 0) is 35.2 Å². The summed E-state index contributed by atoms with van der Waals surface area (Å²) in [6, 6.07) is 14.9. The quantitative estimate of drug-likeness (QED) is 0.925. The van der Waals surface area contributed by atoms with E-state index in [1.807, 2.05) is 18.2 Å². The minimum Gasteiger partial charge on any atom is -0.352 e. The number of carbonyl (C=O) groups is 1. The second-order valence-corrected chi connectivity index (χ2v) is 6.49. The van der Waals surface area contributed by atoms with Crippen LogP contribution in [0.25, 0.3) is 0 Å². The minimum absolute atomic E-state index is 0.0796. The van der Waals surface area contributed by atoms with Crippen molar-refractivity contribution in [1.29, 1.82) is 0 Å². The topological polar surface area (TPSA) is 32.3 Å². The van der Waals surface area contributed by atoms with Crippen LogP contribution in [0.5, 0.6) is 0 Å². The highest BCUT2D eigenvalue weighted by atomic mass is 19.1. The molecule has 1 fully saturated rings. The molecule has 2 aromatic rings. The average molecular weight is 310 g/mol. The number of hydrogen-bond acceptors (Lipinski definition) is 2. The summed E-state index contributed by atoms with van der Waals surface area (Å²) in [5.41, 5.74) is 2.77. The molecular formula is C19H19FN2O. The molecule has 23 heavy (non-hydrogen) atoms. The van der Waals surface area contributed by atoms with Crippen molar-refractivity contribution in [2.45, 2.75) is 12.5 Å². The molecule has 4 rings (SSSR count). The van der Waals surface area contributed by atoms with Gasteiger partial charge in [-0.3, -0.25) is 9.69 Å². The Morgan fingerprint density at radius 3 is 2.78 bits per heavy atom. The van der Waals surface area contributed by atoms with Gasteiger partial charge < -0.3 is 5.32 Å². The maximum Gasteiger partial charge on any atom is 0.251 e. The number of fused-ring (bicyclic) bond motifs is 3. The molecule has 2 aromatic carbocycles. The van der Waals surface area contributed by atoms with E-state index in [1.54, 1.807) is 12.1 Å². The molecule has 2 aliphatic heterocycles. The van der Waals surface area contributed by atoms with E-state index in [1.165, 1.54) is 11.6 Å². The van der Waals surface area contributed by atoms with Gasteiger partial charge in [-0.15, -0.1) is 0 Å². The summed E-state index contributed by atoms with van der Waals surface area (Å²) in [7, 11) is 0. The fourth-order valence-electron chi connectivity index (χ4n) is 3.86. The van der Waals surface area contributed by atoms with E-state index in [0.29, 0.717) is 18.0 Å². The Morgan fingerprint density at radius 2 is 1.96 bits per heavy atom. The summed E-state index contributed by atoms with van der Waals surface area (Å²) in [6.07, 6.45) is 0. The van der Waals surface area contributed by atoms with Crippen molar-refractivity contribution in [3.8, 4) is 0 Å². The molecule has 0 aromatic heterocycles. The first-order valence-electron chi connectivity index (χ1n) is 8.04. The summed E-state index contributed by atoms with van der Waals surface area (Å²) in [5.74, 6) is 0.205. The molecule has 2 aliphatic rings. The summed E-state index contributed by atoms with van der Waals surface area (Å²) in [4.78, 5) is 14.6. The summed E-state index contributed by atoms with van der Waals surface area (Å²) in [6.45, 7) is 3.35. The number of halogens is 1. The second-order valence-electron chi connectivity index (χ2n) is 6.49. The molecular weight excluding hydrogens is 291 g/mol. The van der Waals surface area contributed by atoms with Crippen LogP contribution in [0.1, 0.15) is 27.4 Å². The molecule has 0 spiro atoms. The molecule has 1 unspecified atom stereocenters. The average Bonchev–Trinajstić information content (AvgIpc) is 2.91. The molecule has 0 saturated carbocycles. The Balaban J connectivity index is 1.61. The SMILES string of the molecule is O=C1NC[C@H]2CN(Cc3ccccc3)CC2c2cc(F)ccc21. The van der Waals surface area contributed by atoms with Crippen LogP contribution in [0, 0.1) is 11.7 Å². The number of benzene rings is 2. The van der Waals surface area contributed by atoms with E-state index in [0.717, 1.165) is 25.2 Å². The van der Waals surface area contributed by atoms with Crippen LogP contribution in [0.2, 0.25) is 0 Å². The predicted octanol–water partition coefficient (Wildman–Crippen LogP) is 2.78. The van der Waals surface area contributed by atoms with Gasteiger partial charge in [0, 0.05) is 37.7 Å². The number of hydrogen-bond donors (Lipinski definition) is 1. The molecule has 3 nitrogen and oxygen atoms in total. The lowest BCUT2D eigenvalue weighted by Crippen LogP contribution is -2.29. The Hall–Kier alpha value is -2.20. The van der Waals surface area contributed by atoms with Gasteiger partial charge in [0.25, 0.3) is 5.91 Å². The van der Waals surface area contributed by atoms with E-state index >= 15 is 0 Å². The molecule has 4 heteroatoms. The summed E-state index contributed by atoms with van der Waals surface area (Å²) in [5, 5.41) is 2.99. The molecule has 0 aliphatic carbocycles. The van der Waals surface area contributed by atoms with E-state index < -0.39 is 0 Å². The number of rotatable bonds is 2. The van der Waals surface area contributed by atoms with Crippen molar-refractivity contribution in [1.82, 2.24) is 10.2 Å². The first-order valence-corrected chi connectivity index (χ1v) is 8.04. The van der Waals surface area contributed by atoms with Gasteiger partial charge in [0.05, 0.1) is 0 Å². The molecule has 0 radical (unpaired) electrons. The highest BCUT2D eigenvalue weighted by molar-refractivity contribution is 5.96. The van der Waals surface area contributed by atoms with Gasteiger partial charge in [-0.25, -0.2) is 4.39 Å². The Labute approximate surface area is 135 Å². The Bertz CT molecular complexity index is 731. The predicted molar refractivity (Wildman–Crippen MR) is 86.7 cm³/mol. The number of likely N-dealkylation sites (tertiary alicyclic amines) is 1. The van der Waals surface area contributed by atoms with Crippen LogP contribution < -0.4 is 5.32 Å². The van der Waals surface area contributed by atoms with Crippen LogP contribution in [0.15, 0.2) is 48.5 Å². The standard InChI is InChI=1S/C19H19FN2O/c20-15-6-7-16-17(8-15)18-12-22(10-13-4-2-1-3-5-13)11-14(18)9-21-19(16)23/h1-8,14,18H,9-12H2,(H,21,23)/t14-,18?/m0/s1. The third-order valence-corrected chi connectivity index (χ3v) is 4.95. The summed E-state index contributed by atoms with van der Waals surface area (Å²) < 4.78 is 13.7. The fourth-order valence-corrected chi connectivity index (χ4v) is 3.86. The van der Waals surface area contributed by atoms with Crippen LogP contribution in [0.4, 0.5) is 4.39 Å². The van der Waals surface area contributed by atoms with Crippen LogP contribution in [-0.4, -0.2) is 30.4 Å². The molecule has 0 bridgehead atoms. The van der Waals surface area contributed by atoms with Gasteiger partial charge in [0.2, 0.25) is 0 Å². The molecule has 2 heterocycles. The zero-order valence-electron chi connectivity index (χ0n) is 12.8. The van der Waals surface area contributed by atoms with Gasteiger partial charge in [-0.1, -0.05) is 30.3 Å². The van der Waals surface area contributed by atoms with E-state index in [9.17, 15) is 9.18 Å². The molecule has 118 valence electrons. The minimum atomic E-state index is -0.265. The maximum atomic E-state index is 13.7. The van der Waals surface area contributed by atoms with E-state index in [4.69, 9.17) is 0 Å². The van der Waals surface area contributed by atoms with Crippen LogP contribution in [-0.2, 0) is 6.54 Å². The van der Waals surface area contributed by atoms with E-state index in [-0.39, 0.29) is 17.6 Å². The highest BCUT2D eigenvalue weighted by Gasteiger charge is 2.38. The molecule has 1 amide bonds. The smallest absolute Gasteiger partial charge is 0.251 e. The lowest BCUT2D eigenvalue weighted by molar-refractivity contribution is 0.0951. The normalized spacial score (nSPS) is 23.8. The van der Waals surface area contributed by atoms with Crippen molar-refractivity contribution >= 4 is 5.91 Å². The van der Waals surface area contributed by atoms with Gasteiger partial charge in [-0.2, -0.15) is 0 Å². The zero-order chi connectivity index (χ0) is 15.8. The van der Waals surface area contributed by atoms with Crippen LogP contribution >= 0.6 is 0 Å². The van der Waals surface area contributed by atoms with Crippen molar-refractivity contribution in [3.63, 3.8) is 0 Å². The fraction of sp³-hybridized carbons (Fsp3) is 0.316. The zero-order valence-corrected chi connectivity index (χ0v) is 12.8.